The number of rotatable bonds is 5. The standard InChI is InChI=1S/C19H18N6OS/c1-13-14(2)25(12-20-13)16-7-5-15(6-8-16)21-19(26)18-11-24(23-22-18)10-17-4-3-9-27-17/h3-9,11-12H,10H2,1-2H3,(H,21,26). The minimum Gasteiger partial charge on any atom is -0.321 e. The molecule has 8 heteroatoms. The Morgan fingerprint density at radius 1 is 1.19 bits per heavy atom. The van der Waals surface area contributed by atoms with E-state index in [2.05, 4.69) is 20.6 Å². The van der Waals surface area contributed by atoms with Crippen molar-refractivity contribution in [3.63, 3.8) is 0 Å². The highest BCUT2D eigenvalue weighted by atomic mass is 32.1. The van der Waals surface area contributed by atoms with Gasteiger partial charge >= 0.3 is 0 Å². The molecule has 4 aromatic rings. The summed E-state index contributed by atoms with van der Waals surface area (Å²) in [6.07, 6.45) is 3.45. The summed E-state index contributed by atoms with van der Waals surface area (Å²) >= 11 is 1.64. The molecule has 0 atom stereocenters. The predicted octanol–water partition coefficient (Wildman–Crippen LogP) is 3.44. The zero-order valence-electron chi connectivity index (χ0n) is 15.0. The average molecular weight is 378 g/mol. The van der Waals surface area contributed by atoms with Gasteiger partial charge in [0.2, 0.25) is 0 Å². The number of nitrogens with one attached hydrogen (secondary N) is 1. The number of thiophene rings is 1. The van der Waals surface area contributed by atoms with E-state index in [0.29, 0.717) is 12.2 Å². The van der Waals surface area contributed by atoms with Gasteiger partial charge in [0.05, 0.1) is 24.8 Å². The van der Waals surface area contributed by atoms with Gasteiger partial charge in [-0.2, -0.15) is 0 Å². The SMILES string of the molecule is Cc1ncn(-c2ccc(NC(=O)c3cn(Cc4cccs4)nn3)cc2)c1C. The number of hydrogen-bond donors (Lipinski definition) is 1. The number of amides is 1. The summed E-state index contributed by atoms with van der Waals surface area (Å²) in [4.78, 5) is 17.9. The number of carbonyl (C=O) groups excluding carboxylic acids is 1. The van der Waals surface area contributed by atoms with Gasteiger partial charge in [-0.15, -0.1) is 16.4 Å². The van der Waals surface area contributed by atoms with Crippen LogP contribution in [0.25, 0.3) is 5.69 Å². The molecule has 0 aliphatic rings. The lowest BCUT2D eigenvalue weighted by molar-refractivity contribution is 0.102. The van der Waals surface area contributed by atoms with Crippen LogP contribution in [0.3, 0.4) is 0 Å². The van der Waals surface area contributed by atoms with E-state index in [1.807, 2.05) is 60.2 Å². The lowest BCUT2D eigenvalue weighted by Crippen LogP contribution is -2.12. The second-order valence-corrected chi connectivity index (χ2v) is 7.20. The summed E-state index contributed by atoms with van der Waals surface area (Å²) in [5, 5.41) is 12.8. The zero-order valence-corrected chi connectivity index (χ0v) is 15.8. The molecule has 27 heavy (non-hydrogen) atoms. The molecule has 0 spiro atoms. The first-order valence-corrected chi connectivity index (χ1v) is 9.33. The number of carbonyl (C=O) groups is 1. The normalized spacial score (nSPS) is 10.9. The molecule has 136 valence electrons. The maximum Gasteiger partial charge on any atom is 0.277 e. The van der Waals surface area contributed by atoms with E-state index in [1.54, 1.807) is 28.5 Å². The van der Waals surface area contributed by atoms with Crippen molar-refractivity contribution in [3.05, 3.63) is 76.3 Å². The molecule has 0 saturated carbocycles. The Bertz CT molecular complexity index is 1060. The summed E-state index contributed by atoms with van der Waals surface area (Å²) < 4.78 is 3.67. The van der Waals surface area contributed by atoms with Crippen LogP contribution in [0, 0.1) is 13.8 Å². The molecule has 0 fully saturated rings. The summed E-state index contributed by atoms with van der Waals surface area (Å²) in [5.41, 5.74) is 4.07. The van der Waals surface area contributed by atoms with Crippen molar-refractivity contribution in [2.45, 2.75) is 20.4 Å². The molecule has 3 heterocycles. The van der Waals surface area contributed by atoms with Crippen LogP contribution in [-0.2, 0) is 6.54 Å². The first-order valence-electron chi connectivity index (χ1n) is 8.45. The number of aromatic nitrogens is 5. The fourth-order valence-electron chi connectivity index (χ4n) is 2.70. The van der Waals surface area contributed by atoms with Crippen LogP contribution in [0.15, 0.2) is 54.3 Å². The lowest BCUT2D eigenvalue weighted by atomic mass is 10.2. The third-order valence-electron chi connectivity index (χ3n) is 4.32. The van der Waals surface area contributed by atoms with Crippen molar-refractivity contribution in [1.29, 1.82) is 0 Å². The Hall–Kier alpha value is -3.26. The predicted molar refractivity (Wildman–Crippen MR) is 104 cm³/mol. The molecule has 0 aliphatic heterocycles. The number of hydrogen-bond acceptors (Lipinski definition) is 5. The second-order valence-electron chi connectivity index (χ2n) is 6.17. The molecule has 7 nitrogen and oxygen atoms in total. The van der Waals surface area contributed by atoms with Crippen molar-refractivity contribution in [2.24, 2.45) is 0 Å². The second kappa shape index (κ2) is 7.16. The number of nitrogens with zero attached hydrogens (tertiary/aromatic N) is 5. The van der Waals surface area contributed by atoms with Gasteiger partial charge in [-0.3, -0.25) is 4.79 Å². The van der Waals surface area contributed by atoms with Gasteiger partial charge < -0.3 is 9.88 Å². The van der Waals surface area contributed by atoms with Crippen LogP contribution in [0.1, 0.15) is 26.8 Å². The molecular formula is C19H18N6OS. The van der Waals surface area contributed by atoms with Crippen molar-refractivity contribution in [3.8, 4) is 5.69 Å². The Morgan fingerprint density at radius 2 is 2.00 bits per heavy atom. The van der Waals surface area contributed by atoms with Gasteiger partial charge in [0.1, 0.15) is 0 Å². The van der Waals surface area contributed by atoms with Crippen LogP contribution in [0.2, 0.25) is 0 Å². The van der Waals surface area contributed by atoms with E-state index in [1.165, 1.54) is 0 Å². The molecule has 0 saturated heterocycles. The summed E-state index contributed by atoms with van der Waals surface area (Å²) in [7, 11) is 0. The zero-order chi connectivity index (χ0) is 18.8. The maximum atomic E-state index is 12.4. The Kier molecular flexibility index (Phi) is 4.55. The Balaban J connectivity index is 1.44. The highest BCUT2D eigenvalue weighted by molar-refractivity contribution is 7.09. The van der Waals surface area contributed by atoms with E-state index in [4.69, 9.17) is 0 Å². The van der Waals surface area contributed by atoms with Crippen LogP contribution < -0.4 is 5.32 Å². The van der Waals surface area contributed by atoms with Crippen molar-refractivity contribution in [2.75, 3.05) is 5.32 Å². The fourth-order valence-corrected chi connectivity index (χ4v) is 3.40. The van der Waals surface area contributed by atoms with Crippen LogP contribution in [-0.4, -0.2) is 30.5 Å². The Labute approximate surface area is 160 Å². The quantitative estimate of drug-likeness (QED) is 0.577. The topological polar surface area (TPSA) is 77.6 Å². The van der Waals surface area contributed by atoms with Crippen molar-refractivity contribution >= 4 is 22.9 Å². The van der Waals surface area contributed by atoms with Crippen molar-refractivity contribution in [1.82, 2.24) is 24.5 Å². The highest BCUT2D eigenvalue weighted by Crippen LogP contribution is 2.17. The molecule has 0 bridgehead atoms. The van der Waals surface area contributed by atoms with Gasteiger partial charge in [-0.25, -0.2) is 9.67 Å². The number of imidazole rings is 1. The molecule has 0 unspecified atom stereocenters. The van der Waals surface area contributed by atoms with Crippen molar-refractivity contribution < 1.29 is 4.79 Å². The minimum atomic E-state index is -0.283. The third kappa shape index (κ3) is 3.65. The molecule has 1 N–H and O–H groups in total. The Morgan fingerprint density at radius 3 is 2.67 bits per heavy atom. The van der Waals surface area contributed by atoms with E-state index in [0.717, 1.165) is 22.0 Å². The largest absolute Gasteiger partial charge is 0.321 e. The number of benzene rings is 1. The molecular weight excluding hydrogens is 360 g/mol. The average Bonchev–Trinajstić information content (AvgIpc) is 3.40. The summed E-state index contributed by atoms with van der Waals surface area (Å²) in [6.45, 7) is 4.61. The smallest absolute Gasteiger partial charge is 0.277 e. The minimum absolute atomic E-state index is 0.283. The summed E-state index contributed by atoms with van der Waals surface area (Å²) in [6, 6.07) is 11.6. The van der Waals surface area contributed by atoms with E-state index in [9.17, 15) is 4.79 Å². The van der Waals surface area contributed by atoms with Gasteiger partial charge in [-0.1, -0.05) is 11.3 Å². The number of anilines is 1. The number of aryl methyl sites for hydroxylation is 1. The molecule has 1 aromatic carbocycles. The van der Waals surface area contributed by atoms with Crippen LogP contribution >= 0.6 is 11.3 Å². The van der Waals surface area contributed by atoms with Crippen LogP contribution in [0.5, 0.6) is 0 Å². The molecule has 4 rings (SSSR count). The monoisotopic (exact) mass is 378 g/mol. The van der Waals surface area contributed by atoms with Gasteiger partial charge in [0.15, 0.2) is 5.69 Å². The van der Waals surface area contributed by atoms with Gasteiger partial charge in [0.25, 0.3) is 5.91 Å². The molecule has 0 radical (unpaired) electrons. The highest BCUT2D eigenvalue weighted by Gasteiger charge is 2.12. The summed E-state index contributed by atoms with van der Waals surface area (Å²) in [5.74, 6) is -0.283. The first-order chi connectivity index (χ1) is 13.1. The van der Waals surface area contributed by atoms with E-state index in [-0.39, 0.29) is 11.6 Å². The molecule has 3 aromatic heterocycles. The van der Waals surface area contributed by atoms with Gasteiger partial charge in [0, 0.05) is 21.9 Å². The van der Waals surface area contributed by atoms with E-state index < -0.39 is 0 Å². The van der Waals surface area contributed by atoms with Gasteiger partial charge in [-0.05, 0) is 49.6 Å². The molecule has 1 amide bonds. The third-order valence-corrected chi connectivity index (χ3v) is 5.19. The molecule has 0 aliphatic carbocycles. The van der Waals surface area contributed by atoms with Crippen LogP contribution in [0.4, 0.5) is 5.69 Å². The lowest BCUT2D eigenvalue weighted by Gasteiger charge is -2.07. The maximum absolute atomic E-state index is 12.4. The van der Waals surface area contributed by atoms with E-state index >= 15 is 0 Å². The first kappa shape index (κ1) is 17.2. The fraction of sp³-hybridized carbons (Fsp3) is 0.158.